The van der Waals surface area contributed by atoms with Crippen LogP contribution in [0.3, 0.4) is 0 Å². The molecule has 0 saturated carbocycles. The molecule has 0 saturated heterocycles. The third-order valence-electron chi connectivity index (χ3n) is 2.00. The number of anilines is 1. The van der Waals surface area contributed by atoms with E-state index in [2.05, 4.69) is 10.6 Å². The van der Waals surface area contributed by atoms with Gasteiger partial charge in [0.15, 0.2) is 0 Å². The van der Waals surface area contributed by atoms with E-state index in [9.17, 15) is 4.79 Å². The number of carbonyl (C=O) groups excluding carboxylic acids is 1. The molecule has 0 heterocycles. The third-order valence-corrected chi connectivity index (χ3v) is 2.00. The zero-order chi connectivity index (χ0) is 11.6. The highest BCUT2D eigenvalue weighted by Gasteiger charge is 1.99. The Balaban J connectivity index is 0.00000256. The fourth-order valence-corrected chi connectivity index (χ4v) is 1.21. The van der Waals surface area contributed by atoms with Crippen molar-refractivity contribution in [3.63, 3.8) is 0 Å². The van der Waals surface area contributed by atoms with Crippen LogP contribution in [0.15, 0.2) is 30.3 Å². The molecule has 5 heteroatoms. The molecule has 0 aliphatic rings. The first-order valence-electron chi connectivity index (χ1n) is 5.46. The van der Waals surface area contributed by atoms with Crippen LogP contribution in [0.4, 0.5) is 5.69 Å². The van der Waals surface area contributed by atoms with Crippen LogP contribution in [0, 0.1) is 0 Å². The molecule has 1 aromatic rings. The Kier molecular flexibility index (Phi) is 9.19. The van der Waals surface area contributed by atoms with Crippen molar-refractivity contribution in [1.29, 1.82) is 0 Å². The van der Waals surface area contributed by atoms with Gasteiger partial charge in [0.05, 0.1) is 13.2 Å². The summed E-state index contributed by atoms with van der Waals surface area (Å²) in [6.45, 7) is 4.02. The Labute approximate surface area is 108 Å². The van der Waals surface area contributed by atoms with Gasteiger partial charge in [0.2, 0.25) is 5.91 Å². The number of ether oxygens (including phenoxy) is 1. The van der Waals surface area contributed by atoms with Crippen molar-refractivity contribution in [2.75, 3.05) is 31.6 Å². The second kappa shape index (κ2) is 9.93. The van der Waals surface area contributed by atoms with Gasteiger partial charge in [-0.3, -0.25) is 4.79 Å². The van der Waals surface area contributed by atoms with Crippen LogP contribution in [0.2, 0.25) is 0 Å². The quantitative estimate of drug-likeness (QED) is 0.732. The highest BCUT2D eigenvalue weighted by atomic mass is 35.5. The van der Waals surface area contributed by atoms with Gasteiger partial charge in [0, 0.05) is 18.8 Å². The van der Waals surface area contributed by atoms with Crippen LogP contribution in [-0.4, -0.2) is 32.2 Å². The smallest absolute Gasteiger partial charge is 0.239 e. The summed E-state index contributed by atoms with van der Waals surface area (Å²) in [5, 5.41) is 5.79. The average molecular weight is 259 g/mol. The third kappa shape index (κ3) is 7.60. The van der Waals surface area contributed by atoms with Gasteiger partial charge in [-0.2, -0.15) is 0 Å². The van der Waals surface area contributed by atoms with Crippen molar-refractivity contribution in [2.45, 2.75) is 6.92 Å². The summed E-state index contributed by atoms with van der Waals surface area (Å²) < 4.78 is 5.11. The summed E-state index contributed by atoms with van der Waals surface area (Å²) in [6, 6.07) is 9.64. The van der Waals surface area contributed by atoms with Crippen LogP contribution in [0.25, 0.3) is 0 Å². The molecule has 0 aromatic heterocycles. The van der Waals surface area contributed by atoms with Crippen molar-refractivity contribution in [2.24, 2.45) is 0 Å². The average Bonchev–Trinajstić information content (AvgIpc) is 2.33. The maximum Gasteiger partial charge on any atom is 0.239 e. The summed E-state index contributed by atoms with van der Waals surface area (Å²) in [4.78, 5) is 11.4. The fourth-order valence-electron chi connectivity index (χ4n) is 1.21. The summed E-state index contributed by atoms with van der Waals surface area (Å²) in [5.74, 6) is -0.0245. The SMILES string of the molecule is CCOCCNC(=O)CNc1ccccc1.Cl. The predicted octanol–water partition coefficient (Wildman–Crippen LogP) is 1.67. The summed E-state index contributed by atoms with van der Waals surface area (Å²) in [6.07, 6.45) is 0. The standard InChI is InChI=1S/C12H18N2O2.ClH/c1-2-16-9-8-13-12(15)10-14-11-6-4-3-5-7-11;/h3-7,14H,2,8-10H2,1H3,(H,13,15);1H. The van der Waals surface area contributed by atoms with Crippen LogP contribution in [-0.2, 0) is 9.53 Å². The molecular weight excluding hydrogens is 240 g/mol. The summed E-state index contributed by atoms with van der Waals surface area (Å²) in [5.41, 5.74) is 0.947. The zero-order valence-electron chi connectivity index (χ0n) is 9.94. The molecule has 0 unspecified atom stereocenters. The lowest BCUT2D eigenvalue weighted by Gasteiger charge is -2.07. The van der Waals surface area contributed by atoms with E-state index in [-0.39, 0.29) is 24.9 Å². The minimum Gasteiger partial charge on any atom is -0.380 e. The lowest BCUT2D eigenvalue weighted by atomic mass is 10.3. The molecule has 0 fully saturated rings. The maximum atomic E-state index is 11.4. The lowest BCUT2D eigenvalue weighted by molar-refractivity contribution is -0.119. The Bertz CT molecular complexity index is 307. The lowest BCUT2D eigenvalue weighted by Crippen LogP contribution is -2.32. The van der Waals surface area contributed by atoms with E-state index in [1.165, 1.54) is 0 Å². The Morgan fingerprint density at radius 3 is 2.65 bits per heavy atom. The Morgan fingerprint density at radius 2 is 2.00 bits per heavy atom. The molecule has 2 N–H and O–H groups in total. The van der Waals surface area contributed by atoms with E-state index in [1.807, 2.05) is 37.3 Å². The Morgan fingerprint density at radius 1 is 1.29 bits per heavy atom. The van der Waals surface area contributed by atoms with Gasteiger partial charge in [-0.1, -0.05) is 18.2 Å². The van der Waals surface area contributed by atoms with Crippen LogP contribution in [0.5, 0.6) is 0 Å². The number of para-hydroxylation sites is 1. The molecule has 0 aliphatic heterocycles. The van der Waals surface area contributed by atoms with Gasteiger partial charge in [-0.15, -0.1) is 12.4 Å². The number of benzene rings is 1. The summed E-state index contributed by atoms with van der Waals surface area (Å²) in [7, 11) is 0. The zero-order valence-corrected chi connectivity index (χ0v) is 10.8. The van der Waals surface area contributed by atoms with Crippen molar-refractivity contribution < 1.29 is 9.53 Å². The molecule has 1 rings (SSSR count). The number of amides is 1. The van der Waals surface area contributed by atoms with E-state index in [0.717, 1.165) is 5.69 Å². The van der Waals surface area contributed by atoms with Crippen LogP contribution >= 0.6 is 12.4 Å². The predicted molar refractivity (Wildman–Crippen MR) is 71.7 cm³/mol. The number of hydrogen-bond donors (Lipinski definition) is 2. The van der Waals surface area contributed by atoms with Gasteiger partial charge < -0.3 is 15.4 Å². The highest BCUT2D eigenvalue weighted by molar-refractivity contribution is 5.85. The highest BCUT2D eigenvalue weighted by Crippen LogP contribution is 2.03. The molecule has 1 aromatic carbocycles. The number of halogens is 1. The van der Waals surface area contributed by atoms with Gasteiger partial charge in [-0.25, -0.2) is 0 Å². The van der Waals surface area contributed by atoms with E-state index < -0.39 is 0 Å². The molecule has 0 radical (unpaired) electrons. The topological polar surface area (TPSA) is 50.4 Å². The van der Waals surface area contributed by atoms with Crippen LogP contribution < -0.4 is 10.6 Å². The van der Waals surface area contributed by atoms with Crippen molar-refractivity contribution in [3.8, 4) is 0 Å². The summed E-state index contributed by atoms with van der Waals surface area (Å²) >= 11 is 0. The van der Waals surface area contributed by atoms with Gasteiger partial charge in [0.1, 0.15) is 0 Å². The Hall–Kier alpha value is -1.26. The first kappa shape index (κ1) is 15.7. The number of carbonyl (C=O) groups is 1. The minimum absolute atomic E-state index is 0. The maximum absolute atomic E-state index is 11.4. The molecular formula is C12H19ClN2O2. The first-order chi connectivity index (χ1) is 7.83. The molecule has 0 bridgehead atoms. The molecule has 1 amide bonds. The largest absolute Gasteiger partial charge is 0.380 e. The second-order valence-electron chi connectivity index (χ2n) is 3.27. The molecule has 0 atom stereocenters. The number of nitrogens with one attached hydrogen (secondary N) is 2. The fraction of sp³-hybridized carbons (Fsp3) is 0.417. The monoisotopic (exact) mass is 258 g/mol. The van der Waals surface area contributed by atoms with Gasteiger partial charge >= 0.3 is 0 Å². The number of rotatable bonds is 7. The van der Waals surface area contributed by atoms with Gasteiger partial charge in [-0.05, 0) is 19.1 Å². The van der Waals surface area contributed by atoms with E-state index in [1.54, 1.807) is 0 Å². The normalized spacial score (nSPS) is 9.24. The minimum atomic E-state index is -0.0245. The molecule has 0 spiro atoms. The number of hydrogen-bond acceptors (Lipinski definition) is 3. The van der Waals surface area contributed by atoms with Gasteiger partial charge in [0.25, 0.3) is 0 Å². The second-order valence-corrected chi connectivity index (χ2v) is 3.27. The molecule has 96 valence electrons. The molecule has 0 aliphatic carbocycles. The van der Waals surface area contributed by atoms with E-state index in [4.69, 9.17) is 4.74 Å². The van der Waals surface area contributed by atoms with Crippen molar-refractivity contribution >= 4 is 24.0 Å². The molecule has 17 heavy (non-hydrogen) atoms. The van der Waals surface area contributed by atoms with Crippen molar-refractivity contribution in [3.05, 3.63) is 30.3 Å². The van der Waals surface area contributed by atoms with Crippen molar-refractivity contribution in [1.82, 2.24) is 5.32 Å². The van der Waals surface area contributed by atoms with E-state index >= 15 is 0 Å². The molecule has 4 nitrogen and oxygen atoms in total. The van der Waals surface area contributed by atoms with E-state index in [0.29, 0.717) is 19.8 Å². The van der Waals surface area contributed by atoms with Crippen LogP contribution in [0.1, 0.15) is 6.92 Å². The first-order valence-corrected chi connectivity index (χ1v) is 5.46.